The minimum absolute atomic E-state index is 0.557. The quantitative estimate of drug-likeness (QED) is 0.876. The molecule has 0 bridgehead atoms. The molecule has 3 N–H and O–H groups in total. The van der Waals surface area contributed by atoms with E-state index in [1.54, 1.807) is 6.20 Å². The van der Waals surface area contributed by atoms with Crippen LogP contribution in [0.5, 0.6) is 0 Å². The molecule has 1 aliphatic carbocycles. The fourth-order valence-corrected chi connectivity index (χ4v) is 3.44. The maximum atomic E-state index is 10.8. The van der Waals surface area contributed by atoms with Gasteiger partial charge in [0, 0.05) is 12.6 Å². The zero-order valence-electron chi connectivity index (χ0n) is 12.1. The fourth-order valence-electron chi connectivity index (χ4n) is 3.44. The Morgan fingerprint density at radius 1 is 1.53 bits per heavy atom. The molecule has 0 radical (unpaired) electrons. The van der Waals surface area contributed by atoms with E-state index >= 15 is 0 Å². The summed E-state index contributed by atoms with van der Waals surface area (Å²) in [4.78, 5) is 4.11. The van der Waals surface area contributed by atoms with E-state index in [0.717, 1.165) is 24.8 Å². The molecule has 1 heterocycles. The average Bonchev–Trinajstić information content (AvgIpc) is 2.31. The van der Waals surface area contributed by atoms with Crippen molar-refractivity contribution in [2.75, 3.05) is 5.73 Å². The predicted molar refractivity (Wildman–Crippen MR) is 78.7 cm³/mol. The zero-order valence-corrected chi connectivity index (χ0v) is 12.1. The molecule has 2 unspecified atom stereocenters. The van der Waals surface area contributed by atoms with E-state index in [4.69, 9.17) is 5.73 Å². The van der Waals surface area contributed by atoms with Gasteiger partial charge in [-0.2, -0.15) is 0 Å². The lowest BCUT2D eigenvalue weighted by atomic mass is 9.73. The Hall–Kier alpha value is -1.09. The molecule has 0 saturated heterocycles. The van der Waals surface area contributed by atoms with Gasteiger partial charge >= 0.3 is 0 Å². The highest BCUT2D eigenvalue weighted by Gasteiger charge is 2.35. The second-order valence-corrected chi connectivity index (χ2v) is 6.54. The molecule has 3 nitrogen and oxygen atoms in total. The van der Waals surface area contributed by atoms with Gasteiger partial charge in [0.1, 0.15) is 5.82 Å². The first kappa shape index (κ1) is 14.3. The molecule has 2 atom stereocenters. The van der Waals surface area contributed by atoms with E-state index in [1.807, 2.05) is 12.1 Å². The standard InChI is InChI=1S/C16H26N2O/c1-12(2)9-13-5-3-7-16(19,10-13)11-14-6-4-8-18-15(14)17/h4,6,8,12-13,19H,3,5,7,9-11H2,1-2H3,(H2,17,18). The number of anilines is 1. The maximum Gasteiger partial charge on any atom is 0.126 e. The number of pyridine rings is 1. The summed E-state index contributed by atoms with van der Waals surface area (Å²) in [6, 6.07) is 3.87. The Labute approximate surface area is 116 Å². The van der Waals surface area contributed by atoms with Crippen LogP contribution in [0.15, 0.2) is 18.3 Å². The van der Waals surface area contributed by atoms with Crippen LogP contribution in [0.2, 0.25) is 0 Å². The SMILES string of the molecule is CC(C)CC1CCCC(O)(Cc2cccnc2N)C1. The van der Waals surface area contributed by atoms with Crippen LogP contribution in [0.3, 0.4) is 0 Å². The fraction of sp³-hybridized carbons (Fsp3) is 0.688. The molecule has 1 aromatic heterocycles. The van der Waals surface area contributed by atoms with Gasteiger partial charge in [-0.15, -0.1) is 0 Å². The summed E-state index contributed by atoms with van der Waals surface area (Å²) in [5, 5.41) is 10.8. The first-order valence-electron chi connectivity index (χ1n) is 7.40. The zero-order chi connectivity index (χ0) is 13.9. The van der Waals surface area contributed by atoms with E-state index in [0.29, 0.717) is 24.1 Å². The van der Waals surface area contributed by atoms with Gasteiger partial charge in [-0.05, 0) is 42.7 Å². The monoisotopic (exact) mass is 262 g/mol. The number of aliphatic hydroxyl groups is 1. The first-order valence-corrected chi connectivity index (χ1v) is 7.40. The van der Waals surface area contributed by atoms with Crippen molar-refractivity contribution in [2.24, 2.45) is 11.8 Å². The summed E-state index contributed by atoms with van der Waals surface area (Å²) in [5.74, 6) is 1.91. The van der Waals surface area contributed by atoms with Crippen molar-refractivity contribution in [1.82, 2.24) is 4.98 Å². The molecular weight excluding hydrogens is 236 g/mol. The summed E-state index contributed by atoms with van der Waals surface area (Å²) in [5.41, 5.74) is 6.28. The van der Waals surface area contributed by atoms with Crippen LogP contribution in [-0.2, 0) is 6.42 Å². The minimum atomic E-state index is -0.588. The van der Waals surface area contributed by atoms with E-state index in [-0.39, 0.29) is 0 Å². The van der Waals surface area contributed by atoms with Gasteiger partial charge in [0.25, 0.3) is 0 Å². The van der Waals surface area contributed by atoms with E-state index in [9.17, 15) is 5.11 Å². The average molecular weight is 262 g/mol. The number of hydrogen-bond donors (Lipinski definition) is 2. The highest BCUT2D eigenvalue weighted by Crippen LogP contribution is 2.38. The Morgan fingerprint density at radius 2 is 2.32 bits per heavy atom. The topological polar surface area (TPSA) is 59.1 Å². The molecule has 1 fully saturated rings. The van der Waals surface area contributed by atoms with Crippen LogP contribution in [0.4, 0.5) is 5.82 Å². The van der Waals surface area contributed by atoms with Gasteiger partial charge in [0.15, 0.2) is 0 Å². The van der Waals surface area contributed by atoms with E-state index in [1.165, 1.54) is 12.8 Å². The van der Waals surface area contributed by atoms with E-state index in [2.05, 4.69) is 18.8 Å². The van der Waals surface area contributed by atoms with Crippen LogP contribution in [0.1, 0.15) is 51.5 Å². The molecule has 0 amide bonds. The van der Waals surface area contributed by atoms with Crippen LogP contribution < -0.4 is 5.73 Å². The van der Waals surface area contributed by atoms with Gasteiger partial charge < -0.3 is 10.8 Å². The minimum Gasteiger partial charge on any atom is -0.390 e. The third-order valence-corrected chi connectivity index (χ3v) is 4.17. The predicted octanol–water partition coefficient (Wildman–Crippen LogP) is 3.17. The number of nitrogens with zero attached hydrogens (tertiary/aromatic N) is 1. The van der Waals surface area contributed by atoms with Crippen LogP contribution in [0, 0.1) is 11.8 Å². The van der Waals surface area contributed by atoms with Crippen molar-refractivity contribution < 1.29 is 5.11 Å². The van der Waals surface area contributed by atoms with E-state index < -0.39 is 5.60 Å². The highest BCUT2D eigenvalue weighted by molar-refractivity contribution is 5.39. The van der Waals surface area contributed by atoms with Crippen molar-refractivity contribution in [2.45, 2.75) is 58.0 Å². The Balaban J connectivity index is 2.03. The molecule has 19 heavy (non-hydrogen) atoms. The lowest BCUT2D eigenvalue weighted by Gasteiger charge is -2.37. The molecule has 0 aliphatic heterocycles. The molecule has 106 valence electrons. The number of hydrogen-bond acceptors (Lipinski definition) is 3. The highest BCUT2D eigenvalue weighted by atomic mass is 16.3. The lowest BCUT2D eigenvalue weighted by molar-refractivity contribution is -0.0188. The van der Waals surface area contributed by atoms with Crippen LogP contribution in [0.25, 0.3) is 0 Å². The smallest absolute Gasteiger partial charge is 0.126 e. The largest absolute Gasteiger partial charge is 0.390 e. The maximum absolute atomic E-state index is 10.8. The molecule has 1 aliphatic rings. The number of aromatic nitrogens is 1. The summed E-state index contributed by atoms with van der Waals surface area (Å²) in [6.07, 6.45) is 7.71. The third-order valence-electron chi connectivity index (χ3n) is 4.17. The van der Waals surface area contributed by atoms with Crippen molar-refractivity contribution in [1.29, 1.82) is 0 Å². The molecule has 1 saturated carbocycles. The summed E-state index contributed by atoms with van der Waals surface area (Å²) >= 11 is 0. The van der Waals surface area contributed by atoms with Crippen molar-refractivity contribution >= 4 is 5.82 Å². The summed E-state index contributed by atoms with van der Waals surface area (Å²) < 4.78 is 0. The first-order chi connectivity index (χ1) is 8.98. The van der Waals surface area contributed by atoms with Gasteiger partial charge in [-0.25, -0.2) is 4.98 Å². The molecule has 3 heteroatoms. The normalized spacial score (nSPS) is 27.7. The summed E-state index contributed by atoms with van der Waals surface area (Å²) in [6.45, 7) is 4.51. The number of nitrogen functional groups attached to an aromatic ring is 1. The Bertz CT molecular complexity index is 419. The van der Waals surface area contributed by atoms with Crippen molar-refractivity contribution in [3.63, 3.8) is 0 Å². The van der Waals surface area contributed by atoms with Crippen LogP contribution in [-0.4, -0.2) is 15.7 Å². The van der Waals surface area contributed by atoms with Gasteiger partial charge in [0.2, 0.25) is 0 Å². The Kier molecular flexibility index (Phi) is 4.46. The summed E-state index contributed by atoms with van der Waals surface area (Å²) in [7, 11) is 0. The Morgan fingerprint density at radius 3 is 3.00 bits per heavy atom. The molecule has 0 spiro atoms. The van der Waals surface area contributed by atoms with Gasteiger partial charge in [-0.3, -0.25) is 0 Å². The second kappa shape index (κ2) is 5.91. The second-order valence-electron chi connectivity index (χ2n) is 6.54. The van der Waals surface area contributed by atoms with Crippen LogP contribution >= 0.6 is 0 Å². The molecule has 2 rings (SSSR count). The molecule has 1 aromatic rings. The molecule has 0 aromatic carbocycles. The van der Waals surface area contributed by atoms with Gasteiger partial charge in [-0.1, -0.05) is 32.8 Å². The third kappa shape index (κ3) is 3.93. The molecular formula is C16H26N2O. The lowest BCUT2D eigenvalue weighted by Crippen LogP contribution is -2.38. The van der Waals surface area contributed by atoms with Crippen molar-refractivity contribution in [3.05, 3.63) is 23.9 Å². The van der Waals surface area contributed by atoms with Crippen molar-refractivity contribution in [3.8, 4) is 0 Å². The number of nitrogens with two attached hydrogens (primary N) is 1. The number of rotatable bonds is 4. The van der Waals surface area contributed by atoms with Gasteiger partial charge in [0.05, 0.1) is 5.60 Å².